The maximum absolute atomic E-state index is 12.7. The van der Waals surface area contributed by atoms with Gasteiger partial charge in [0, 0.05) is 26.1 Å². The van der Waals surface area contributed by atoms with Gasteiger partial charge < -0.3 is 19.5 Å². The number of ether oxygens (including phenoxy) is 2. The summed E-state index contributed by atoms with van der Waals surface area (Å²) < 4.78 is 12.5. The first-order chi connectivity index (χ1) is 10.3. The van der Waals surface area contributed by atoms with E-state index in [-0.39, 0.29) is 37.8 Å². The Morgan fingerprint density at radius 1 is 1.50 bits per heavy atom. The fraction of sp³-hybridized carbons (Fsp3) is 0.733. The van der Waals surface area contributed by atoms with Crippen molar-refractivity contribution in [3.8, 4) is 0 Å². The minimum Gasteiger partial charge on any atom is -0.384 e. The molecule has 0 saturated carbocycles. The molecule has 1 fully saturated rings. The lowest BCUT2D eigenvalue weighted by Gasteiger charge is -2.45. The van der Waals surface area contributed by atoms with E-state index in [1.807, 2.05) is 20.9 Å². The van der Waals surface area contributed by atoms with Crippen LogP contribution in [0.15, 0.2) is 0 Å². The molecule has 2 aliphatic rings. The number of hydrogen-bond donors (Lipinski definition) is 1. The molecule has 22 heavy (non-hydrogen) atoms. The third kappa shape index (κ3) is 2.43. The van der Waals surface area contributed by atoms with Gasteiger partial charge in [0.2, 0.25) is 0 Å². The van der Waals surface area contributed by atoms with E-state index in [1.165, 1.54) is 0 Å². The van der Waals surface area contributed by atoms with Gasteiger partial charge in [-0.2, -0.15) is 5.10 Å². The Morgan fingerprint density at radius 2 is 2.18 bits per heavy atom. The van der Waals surface area contributed by atoms with Crippen LogP contribution in [-0.4, -0.2) is 64.2 Å². The van der Waals surface area contributed by atoms with Gasteiger partial charge in [0.05, 0.1) is 37.6 Å². The number of β-amino-alcohol motifs (C(OH)–C–C–N with tert-alkyl or cyclic N) is 1. The van der Waals surface area contributed by atoms with Gasteiger partial charge >= 0.3 is 0 Å². The largest absolute Gasteiger partial charge is 0.384 e. The summed E-state index contributed by atoms with van der Waals surface area (Å²) in [7, 11) is 3.38. The van der Waals surface area contributed by atoms with Crippen LogP contribution in [0.4, 0.5) is 0 Å². The Labute approximate surface area is 129 Å². The third-order valence-corrected chi connectivity index (χ3v) is 4.38. The monoisotopic (exact) mass is 309 g/mol. The summed E-state index contributed by atoms with van der Waals surface area (Å²) in [6, 6.07) is 0. The van der Waals surface area contributed by atoms with Crippen LogP contribution in [0.3, 0.4) is 0 Å². The first-order valence-corrected chi connectivity index (χ1v) is 7.56. The first kappa shape index (κ1) is 15.5. The van der Waals surface area contributed by atoms with E-state index in [9.17, 15) is 9.90 Å². The number of aromatic nitrogens is 2. The van der Waals surface area contributed by atoms with Crippen molar-refractivity contribution in [2.24, 2.45) is 7.05 Å². The summed E-state index contributed by atoms with van der Waals surface area (Å²) in [6.07, 6.45) is 0.685. The lowest BCUT2D eigenvalue weighted by molar-refractivity contribution is -0.118. The molecular formula is C15H23N3O4. The number of nitrogens with zero attached hydrogens (tertiary/aromatic N) is 3. The molecule has 1 N–H and O–H groups in total. The van der Waals surface area contributed by atoms with Crippen molar-refractivity contribution in [2.75, 3.05) is 26.8 Å². The molecule has 3 rings (SSSR count). The lowest BCUT2D eigenvalue weighted by Crippen LogP contribution is -2.65. The zero-order valence-electron chi connectivity index (χ0n) is 13.5. The number of amides is 1. The highest BCUT2D eigenvalue weighted by molar-refractivity contribution is 5.95. The maximum Gasteiger partial charge on any atom is 0.274 e. The summed E-state index contributed by atoms with van der Waals surface area (Å²) in [5, 5.41) is 14.5. The maximum atomic E-state index is 12.7. The minimum atomic E-state index is -0.928. The number of methoxy groups -OCH3 is 1. The van der Waals surface area contributed by atoms with Crippen LogP contribution in [0.2, 0.25) is 0 Å². The third-order valence-electron chi connectivity index (χ3n) is 4.38. The average Bonchev–Trinajstić information content (AvgIpc) is 2.72. The van der Waals surface area contributed by atoms with Crippen LogP contribution in [0, 0.1) is 0 Å². The lowest BCUT2D eigenvalue weighted by atomic mass is 9.93. The fourth-order valence-corrected chi connectivity index (χ4v) is 3.53. The van der Waals surface area contributed by atoms with Gasteiger partial charge in [0.15, 0.2) is 5.69 Å². The van der Waals surface area contributed by atoms with Gasteiger partial charge in [-0.15, -0.1) is 0 Å². The standard InChI is InChI=1S/C15H23N3O4/c1-9-5-11-12(16-17(3)13(11)10(2)22-9)14(19)18-6-15(20,7-18)8-21-4/h9-10,20H,5-8H2,1-4H3/t9-,10+/m0/s1. The van der Waals surface area contributed by atoms with Crippen LogP contribution >= 0.6 is 0 Å². The highest BCUT2D eigenvalue weighted by Crippen LogP contribution is 2.33. The van der Waals surface area contributed by atoms with Crippen LogP contribution < -0.4 is 0 Å². The Balaban J connectivity index is 1.82. The molecule has 0 aliphatic carbocycles. The summed E-state index contributed by atoms with van der Waals surface area (Å²) in [6.45, 7) is 4.78. The number of rotatable bonds is 3. The number of likely N-dealkylation sites (tertiary alicyclic amines) is 1. The number of aryl methyl sites for hydroxylation is 1. The molecule has 1 saturated heterocycles. The zero-order chi connectivity index (χ0) is 16.1. The van der Waals surface area contributed by atoms with Crippen LogP contribution in [0.5, 0.6) is 0 Å². The first-order valence-electron chi connectivity index (χ1n) is 7.56. The van der Waals surface area contributed by atoms with E-state index < -0.39 is 5.60 Å². The molecule has 0 bridgehead atoms. The van der Waals surface area contributed by atoms with Crippen molar-refractivity contribution >= 4 is 5.91 Å². The molecule has 0 radical (unpaired) electrons. The van der Waals surface area contributed by atoms with E-state index >= 15 is 0 Å². The fourth-order valence-electron chi connectivity index (χ4n) is 3.53. The molecule has 122 valence electrons. The highest BCUT2D eigenvalue weighted by Gasteiger charge is 2.45. The number of hydrogen-bond acceptors (Lipinski definition) is 5. The smallest absolute Gasteiger partial charge is 0.274 e. The SMILES string of the molecule is COCC1(O)CN(C(=O)c2nn(C)c3c2C[C@H](C)O[C@@H]3C)C1. The quantitative estimate of drug-likeness (QED) is 0.867. The number of carbonyl (C=O) groups is 1. The van der Waals surface area contributed by atoms with Crippen LogP contribution in [0.25, 0.3) is 0 Å². The van der Waals surface area contributed by atoms with Gasteiger partial charge in [0.1, 0.15) is 5.60 Å². The second-order valence-corrected chi connectivity index (χ2v) is 6.45. The molecule has 1 aromatic rings. The topological polar surface area (TPSA) is 76.8 Å². The van der Waals surface area contributed by atoms with Gasteiger partial charge in [-0.25, -0.2) is 0 Å². The molecule has 7 heteroatoms. The minimum absolute atomic E-state index is 0.0695. The molecular weight excluding hydrogens is 286 g/mol. The number of carbonyl (C=O) groups excluding carboxylic acids is 1. The average molecular weight is 309 g/mol. The number of fused-ring (bicyclic) bond motifs is 1. The Hall–Kier alpha value is -1.44. The van der Waals surface area contributed by atoms with E-state index in [0.29, 0.717) is 12.1 Å². The van der Waals surface area contributed by atoms with E-state index in [2.05, 4.69) is 5.10 Å². The molecule has 0 aromatic carbocycles. The van der Waals surface area contributed by atoms with Crippen LogP contribution in [0.1, 0.15) is 41.7 Å². The predicted molar refractivity (Wildman–Crippen MR) is 78.6 cm³/mol. The van der Waals surface area contributed by atoms with Gasteiger partial charge in [-0.05, 0) is 13.8 Å². The molecule has 2 atom stereocenters. The molecule has 0 spiro atoms. The van der Waals surface area contributed by atoms with Crippen LogP contribution in [-0.2, 0) is 22.9 Å². The van der Waals surface area contributed by atoms with Crippen molar-refractivity contribution in [1.82, 2.24) is 14.7 Å². The van der Waals surface area contributed by atoms with Crippen molar-refractivity contribution in [2.45, 2.75) is 38.1 Å². The molecule has 1 amide bonds. The Kier molecular flexibility index (Phi) is 3.74. The summed E-state index contributed by atoms with van der Waals surface area (Å²) in [5.41, 5.74) is 1.50. The number of aliphatic hydroxyl groups is 1. The normalized spacial score (nSPS) is 26.5. The van der Waals surface area contributed by atoms with Crippen molar-refractivity contribution in [3.63, 3.8) is 0 Å². The second kappa shape index (κ2) is 5.33. The summed E-state index contributed by atoms with van der Waals surface area (Å²) in [4.78, 5) is 14.3. The van der Waals surface area contributed by atoms with Gasteiger partial charge in [0.25, 0.3) is 5.91 Å². The zero-order valence-corrected chi connectivity index (χ0v) is 13.5. The molecule has 3 heterocycles. The molecule has 7 nitrogen and oxygen atoms in total. The van der Waals surface area contributed by atoms with E-state index in [4.69, 9.17) is 9.47 Å². The van der Waals surface area contributed by atoms with Crippen molar-refractivity contribution in [1.29, 1.82) is 0 Å². The second-order valence-electron chi connectivity index (χ2n) is 6.45. The molecule has 2 aliphatic heterocycles. The van der Waals surface area contributed by atoms with E-state index in [1.54, 1.807) is 16.7 Å². The Bertz CT molecular complexity index is 592. The molecule has 1 aromatic heterocycles. The van der Waals surface area contributed by atoms with Gasteiger partial charge in [-0.1, -0.05) is 0 Å². The Morgan fingerprint density at radius 3 is 2.82 bits per heavy atom. The highest BCUT2D eigenvalue weighted by atomic mass is 16.5. The predicted octanol–water partition coefficient (Wildman–Crippen LogP) is 0.276. The van der Waals surface area contributed by atoms with Gasteiger partial charge in [-0.3, -0.25) is 9.48 Å². The summed E-state index contributed by atoms with van der Waals surface area (Å²) >= 11 is 0. The summed E-state index contributed by atoms with van der Waals surface area (Å²) in [5.74, 6) is -0.126. The molecule has 0 unspecified atom stereocenters. The van der Waals surface area contributed by atoms with E-state index in [0.717, 1.165) is 11.3 Å². The van der Waals surface area contributed by atoms with Crippen molar-refractivity contribution in [3.05, 3.63) is 17.0 Å². The van der Waals surface area contributed by atoms with Crippen molar-refractivity contribution < 1.29 is 19.4 Å².